The van der Waals surface area contributed by atoms with E-state index >= 15 is 0 Å². The van der Waals surface area contributed by atoms with Gasteiger partial charge in [-0.25, -0.2) is 8.42 Å². The first-order chi connectivity index (χ1) is 16.3. The normalized spacial score (nSPS) is 12.5. The first-order valence-corrected chi connectivity index (χ1v) is 12.6. The van der Waals surface area contributed by atoms with Crippen molar-refractivity contribution in [2.45, 2.75) is 43.1 Å². The zero-order valence-corrected chi connectivity index (χ0v) is 19.6. The van der Waals surface area contributed by atoms with Gasteiger partial charge in [-0.05, 0) is 66.6 Å². The Hall–Kier alpha value is -3.42. The number of carboxylic acids is 1. The van der Waals surface area contributed by atoms with E-state index < -0.39 is 22.1 Å². The van der Waals surface area contributed by atoms with Crippen LogP contribution in [-0.4, -0.2) is 30.7 Å². The summed E-state index contributed by atoms with van der Waals surface area (Å²) in [6, 6.07) is 22.9. The lowest BCUT2D eigenvalue weighted by Gasteiger charge is -2.10. The van der Waals surface area contributed by atoms with E-state index in [0.717, 1.165) is 29.5 Å². The first kappa shape index (κ1) is 25.2. The van der Waals surface area contributed by atoms with E-state index in [1.807, 2.05) is 30.3 Å². The molecule has 0 aliphatic rings. The summed E-state index contributed by atoms with van der Waals surface area (Å²) < 4.78 is 27.6. The van der Waals surface area contributed by atoms with Crippen LogP contribution in [0.3, 0.4) is 0 Å². The first-order valence-electron chi connectivity index (χ1n) is 11.2. The van der Waals surface area contributed by atoms with Gasteiger partial charge >= 0.3 is 5.97 Å². The van der Waals surface area contributed by atoms with Gasteiger partial charge in [-0.2, -0.15) is 0 Å². The number of rotatable bonds is 12. The number of sulfonamides is 1. The van der Waals surface area contributed by atoms with Crippen molar-refractivity contribution in [1.82, 2.24) is 0 Å². The molecule has 0 aliphatic carbocycles. The van der Waals surface area contributed by atoms with Crippen LogP contribution in [-0.2, 0) is 27.7 Å². The van der Waals surface area contributed by atoms with Crippen LogP contribution < -0.4 is 4.72 Å². The Kier molecular flexibility index (Phi) is 9.01. The van der Waals surface area contributed by atoms with Gasteiger partial charge in [0.1, 0.15) is 0 Å². The number of anilines is 1. The fourth-order valence-corrected chi connectivity index (χ4v) is 4.70. The Labute approximate surface area is 200 Å². The van der Waals surface area contributed by atoms with Gasteiger partial charge in [-0.15, -0.1) is 0 Å². The van der Waals surface area contributed by atoms with Gasteiger partial charge in [-0.1, -0.05) is 66.7 Å². The Morgan fingerprint density at radius 1 is 0.912 bits per heavy atom. The maximum atomic E-state index is 12.5. The number of carboxylic acid groups (broad SMARTS) is 1. The lowest BCUT2D eigenvalue weighted by atomic mass is 9.97. The van der Waals surface area contributed by atoms with Crippen molar-refractivity contribution in [3.8, 4) is 0 Å². The minimum Gasteiger partial charge on any atom is -0.481 e. The van der Waals surface area contributed by atoms with Crippen LogP contribution in [0.25, 0.3) is 6.08 Å². The molecule has 3 aromatic rings. The smallest absolute Gasteiger partial charge is 0.303 e. The summed E-state index contributed by atoms with van der Waals surface area (Å²) in [5.74, 6) is -0.813. The van der Waals surface area contributed by atoms with Crippen LogP contribution in [0.4, 0.5) is 5.69 Å². The SMILES string of the molecule is O=C(O)CCc1ccccc1CCC[C@@H](O)/C=C/c1cccc(NS(=O)(=O)c2ccccc2)c1. The van der Waals surface area contributed by atoms with E-state index in [9.17, 15) is 18.3 Å². The minimum absolute atomic E-state index is 0.100. The van der Waals surface area contributed by atoms with E-state index in [0.29, 0.717) is 18.5 Å². The van der Waals surface area contributed by atoms with Crippen molar-refractivity contribution >= 4 is 27.8 Å². The Morgan fingerprint density at radius 2 is 1.59 bits per heavy atom. The average molecular weight is 480 g/mol. The second kappa shape index (κ2) is 12.2. The Morgan fingerprint density at radius 3 is 2.29 bits per heavy atom. The maximum Gasteiger partial charge on any atom is 0.303 e. The van der Waals surface area contributed by atoms with Crippen LogP contribution >= 0.6 is 0 Å². The van der Waals surface area contributed by atoms with Crippen LogP contribution in [0, 0.1) is 0 Å². The lowest BCUT2D eigenvalue weighted by molar-refractivity contribution is -0.136. The third-order valence-corrected chi connectivity index (χ3v) is 6.77. The average Bonchev–Trinajstić information content (AvgIpc) is 2.82. The molecule has 0 aliphatic heterocycles. The molecule has 0 amide bonds. The number of aliphatic hydroxyl groups is 1. The molecule has 0 spiro atoms. The number of hydrogen-bond donors (Lipinski definition) is 3. The fourth-order valence-electron chi connectivity index (χ4n) is 3.63. The van der Waals surface area contributed by atoms with Crippen molar-refractivity contribution in [3.63, 3.8) is 0 Å². The number of aryl methyl sites for hydroxylation is 2. The quantitative estimate of drug-likeness (QED) is 0.343. The number of aliphatic carboxylic acids is 1. The summed E-state index contributed by atoms with van der Waals surface area (Å²) in [6.45, 7) is 0. The molecular formula is C27H29NO5S. The highest BCUT2D eigenvalue weighted by Crippen LogP contribution is 2.19. The molecule has 0 fully saturated rings. The van der Waals surface area contributed by atoms with Gasteiger partial charge in [0.15, 0.2) is 0 Å². The van der Waals surface area contributed by atoms with Crippen molar-refractivity contribution < 1.29 is 23.4 Å². The molecule has 3 N–H and O–H groups in total. The topological polar surface area (TPSA) is 104 Å². The molecule has 178 valence electrons. The number of carbonyl (C=O) groups is 1. The zero-order chi connectivity index (χ0) is 24.4. The third kappa shape index (κ3) is 7.86. The highest BCUT2D eigenvalue weighted by molar-refractivity contribution is 7.92. The third-order valence-electron chi connectivity index (χ3n) is 5.38. The summed E-state index contributed by atoms with van der Waals surface area (Å²) in [4.78, 5) is 11.0. The monoisotopic (exact) mass is 479 g/mol. The van der Waals surface area contributed by atoms with Gasteiger partial charge in [0, 0.05) is 12.1 Å². The van der Waals surface area contributed by atoms with Crippen LogP contribution in [0.5, 0.6) is 0 Å². The van der Waals surface area contributed by atoms with Crippen LogP contribution in [0.15, 0.2) is 89.8 Å². The second-order valence-electron chi connectivity index (χ2n) is 8.03. The predicted octanol–water partition coefficient (Wildman–Crippen LogP) is 4.90. The van der Waals surface area contributed by atoms with Crippen molar-refractivity contribution in [3.05, 3.63) is 102 Å². The predicted molar refractivity (Wildman–Crippen MR) is 134 cm³/mol. The standard InChI is InChI=1S/C27H29NO5S/c29-25(13-7-11-22-9-4-5-10-23(22)17-19-27(30)31)18-16-21-8-6-12-24(20-21)28-34(32,33)26-14-2-1-3-15-26/h1-6,8-10,12,14-16,18,20,25,28-29H,7,11,13,17,19H2,(H,30,31)/b18-16+/t25-/m1/s1. The summed E-state index contributed by atoms with van der Waals surface area (Å²) in [5, 5.41) is 19.3. The van der Waals surface area contributed by atoms with Gasteiger partial charge in [0.05, 0.1) is 11.0 Å². The molecule has 3 aromatic carbocycles. The molecule has 0 bridgehead atoms. The van der Waals surface area contributed by atoms with E-state index in [-0.39, 0.29) is 11.3 Å². The van der Waals surface area contributed by atoms with Crippen molar-refractivity contribution in [1.29, 1.82) is 0 Å². The van der Waals surface area contributed by atoms with Gasteiger partial charge in [-0.3, -0.25) is 9.52 Å². The summed E-state index contributed by atoms with van der Waals surface area (Å²) in [5.41, 5.74) is 3.35. The van der Waals surface area contributed by atoms with E-state index in [4.69, 9.17) is 5.11 Å². The molecule has 0 saturated heterocycles. The maximum absolute atomic E-state index is 12.5. The van der Waals surface area contributed by atoms with E-state index in [1.54, 1.807) is 48.6 Å². The minimum atomic E-state index is -3.67. The number of nitrogens with one attached hydrogen (secondary N) is 1. The Bertz CT molecular complexity index is 1220. The van der Waals surface area contributed by atoms with Crippen LogP contribution in [0.2, 0.25) is 0 Å². The van der Waals surface area contributed by atoms with Gasteiger partial charge in [0.2, 0.25) is 0 Å². The largest absolute Gasteiger partial charge is 0.481 e. The molecule has 0 heterocycles. The molecule has 0 aromatic heterocycles. The molecular weight excluding hydrogens is 450 g/mol. The molecule has 0 unspecified atom stereocenters. The Balaban J connectivity index is 1.54. The molecule has 3 rings (SSSR count). The van der Waals surface area contributed by atoms with Crippen molar-refractivity contribution in [2.24, 2.45) is 0 Å². The van der Waals surface area contributed by atoms with Gasteiger partial charge in [0.25, 0.3) is 10.0 Å². The molecule has 7 heteroatoms. The second-order valence-corrected chi connectivity index (χ2v) is 9.71. The fraction of sp³-hybridized carbons (Fsp3) is 0.222. The molecule has 1 atom stereocenters. The van der Waals surface area contributed by atoms with Gasteiger partial charge < -0.3 is 10.2 Å². The van der Waals surface area contributed by atoms with Crippen molar-refractivity contribution in [2.75, 3.05) is 4.72 Å². The summed E-state index contributed by atoms with van der Waals surface area (Å²) in [7, 11) is -3.67. The van der Waals surface area contributed by atoms with E-state index in [2.05, 4.69) is 4.72 Å². The molecule has 0 saturated carbocycles. The number of benzene rings is 3. The summed E-state index contributed by atoms with van der Waals surface area (Å²) >= 11 is 0. The molecule has 6 nitrogen and oxygen atoms in total. The zero-order valence-electron chi connectivity index (χ0n) is 18.8. The number of hydrogen-bond acceptors (Lipinski definition) is 4. The highest BCUT2D eigenvalue weighted by atomic mass is 32.2. The summed E-state index contributed by atoms with van der Waals surface area (Å²) in [6.07, 6.45) is 5.50. The number of aliphatic hydroxyl groups excluding tert-OH is 1. The molecule has 34 heavy (non-hydrogen) atoms. The van der Waals surface area contributed by atoms with Crippen LogP contribution in [0.1, 0.15) is 36.0 Å². The highest BCUT2D eigenvalue weighted by Gasteiger charge is 2.13. The van der Waals surface area contributed by atoms with E-state index in [1.165, 1.54) is 12.1 Å². The molecule has 0 radical (unpaired) electrons. The lowest BCUT2D eigenvalue weighted by Crippen LogP contribution is -2.12.